The van der Waals surface area contributed by atoms with Crippen LogP contribution in [0.4, 0.5) is 0 Å². The van der Waals surface area contributed by atoms with E-state index in [1.807, 2.05) is 43.3 Å². The maximum Gasteiger partial charge on any atom is 0.292 e. The average molecular weight is 278 g/mol. The first-order valence-electron chi connectivity index (χ1n) is 6.61. The van der Waals surface area contributed by atoms with Crippen molar-refractivity contribution in [1.82, 2.24) is 0 Å². The van der Waals surface area contributed by atoms with Crippen molar-refractivity contribution in [2.24, 2.45) is 0 Å². The molecule has 0 amide bonds. The maximum absolute atomic E-state index is 8.77. The summed E-state index contributed by atoms with van der Waals surface area (Å²) in [6.45, 7) is 2.04. The molecule has 0 spiro atoms. The molecule has 2 aromatic carbocycles. The van der Waals surface area contributed by atoms with Crippen molar-refractivity contribution < 1.29 is 9.47 Å². The monoisotopic (exact) mass is 278 g/mol. The van der Waals surface area contributed by atoms with Gasteiger partial charge in [0, 0.05) is 17.0 Å². The molecule has 2 rings (SSSR count). The molecule has 21 heavy (non-hydrogen) atoms. The summed E-state index contributed by atoms with van der Waals surface area (Å²) in [5.41, 5.74) is 1.80. The Morgan fingerprint density at radius 3 is 1.67 bits per heavy atom. The lowest BCUT2D eigenvalue weighted by atomic mass is 9.88. The minimum absolute atomic E-state index is 0.0147. The van der Waals surface area contributed by atoms with Crippen LogP contribution in [0.25, 0.3) is 0 Å². The van der Waals surface area contributed by atoms with Crippen LogP contribution in [0.15, 0.2) is 48.5 Å². The highest BCUT2D eigenvalue weighted by Crippen LogP contribution is 2.38. The molecule has 104 valence electrons. The summed E-state index contributed by atoms with van der Waals surface area (Å²) in [6, 6.07) is 14.8. The van der Waals surface area contributed by atoms with Crippen LogP contribution in [0.2, 0.25) is 0 Å². The molecule has 0 saturated carbocycles. The normalized spacial score (nSPS) is 9.71. The summed E-state index contributed by atoms with van der Waals surface area (Å²) >= 11 is 0. The van der Waals surface area contributed by atoms with Gasteiger partial charge in [-0.3, -0.25) is 0 Å². The molecule has 0 radical (unpaired) electrons. The van der Waals surface area contributed by atoms with Crippen molar-refractivity contribution in [2.75, 3.05) is 0 Å². The van der Waals surface area contributed by atoms with Crippen molar-refractivity contribution in [3.63, 3.8) is 0 Å². The zero-order chi connectivity index (χ0) is 15.1. The smallest absolute Gasteiger partial charge is 0.292 e. The van der Waals surface area contributed by atoms with E-state index in [2.05, 4.69) is 0 Å². The first kappa shape index (κ1) is 14.4. The fourth-order valence-electron chi connectivity index (χ4n) is 2.43. The van der Waals surface area contributed by atoms with Gasteiger partial charge in [-0.05, 0) is 18.6 Å². The Balaban J connectivity index is 2.51. The van der Waals surface area contributed by atoms with Gasteiger partial charge in [0.15, 0.2) is 0 Å². The van der Waals surface area contributed by atoms with E-state index >= 15 is 0 Å². The minimum atomic E-state index is -0.0147. The van der Waals surface area contributed by atoms with Crippen LogP contribution in [0.3, 0.4) is 0 Å². The third-order valence-corrected chi connectivity index (χ3v) is 3.31. The molecule has 4 heteroatoms. The lowest BCUT2D eigenvalue weighted by Crippen LogP contribution is -2.04. The van der Waals surface area contributed by atoms with Gasteiger partial charge >= 0.3 is 0 Å². The molecule has 0 aliphatic heterocycles. The van der Waals surface area contributed by atoms with Crippen molar-refractivity contribution in [3.8, 4) is 24.0 Å². The summed E-state index contributed by atoms with van der Waals surface area (Å²) < 4.78 is 10.1. The van der Waals surface area contributed by atoms with Crippen LogP contribution >= 0.6 is 0 Å². The first-order chi connectivity index (χ1) is 10.3. The van der Waals surface area contributed by atoms with Crippen LogP contribution in [0, 0.1) is 23.0 Å². The molecule has 0 saturated heterocycles. The Labute approximate surface area is 123 Å². The summed E-state index contributed by atoms with van der Waals surface area (Å²) in [6.07, 6.45) is 4.21. The molecular formula is C17H14N2O2. The van der Waals surface area contributed by atoms with Gasteiger partial charge in [0.25, 0.3) is 12.5 Å². The van der Waals surface area contributed by atoms with Crippen LogP contribution in [-0.4, -0.2) is 0 Å². The standard InChI is InChI=1S/C17H14N2O2/c1-2-13(14-7-3-5-9-16(14)20-11-18)15-8-4-6-10-17(15)21-12-19/h3-10,13H,2H2,1H3. The van der Waals surface area contributed by atoms with Crippen LogP contribution < -0.4 is 9.47 Å². The number of hydrogen-bond acceptors (Lipinski definition) is 4. The molecule has 0 heterocycles. The van der Waals surface area contributed by atoms with E-state index in [1.54, 1.807) is 24.6 Å². The summed E-state index contributed by atoms with van der Waals surface area (Å²) in [5.74, 6) is 1.04. The van der Waals surface area contributed by atoms with Gasteiger partial charge in [0.2, 0.25) is 0 Å². The number of ether oxygens (including phenoxy) is 2. The summed E-state index contributed by atoms with van der Waals surface area (Å²) in [7, 11) is 0. The largest absolute Gasteiger partial charge is 0.388 e. The van der Waals surface area contributed by atoms with Gasteiger partial charge in [0.05, 0.1) is 0 Å². The minimum Gasteiger partial charge on any atom is -0.388 e. The second-order valence-electron chi connectivity index (χ2n) is 4.42. The Hall–Kier alpha value is -2.98. The molecule has 0 aliphatic carbocycles. The number of hydrogen-bond donors (Lipinski definition) is 0. The Morgan fingerprint density at radius 2 is 1.29 bits per heavy atom. The zero-order valence-corrected chi connectivity index (χ0v) is 11.6. The van der Waals surface area contributed by atoms with E-state index in [4.69, 9.17) is 20.0 Å². The summed E-state index contributed by atoms with van der Waals surface area (Å²) in [4.78, 5) is 0. The molecule has 2 aromatic rings. The third kappa shape index (κ3) is 3.13. The zero-order valence-electron chi connectivity index (χ0n) is 11.6. The second-order valence-corrected chi connectivity index (χ2v) is 4.42. The topological polar surface area (TPSA) is 66.0 Å². The van der Waals surface area contributed by atoms with Gasteiger partial charge in [-0.2, -0.15) is 0 Å². The average Bonchev–Trinajstić information content (AvgIpc) is 2.52. The third-order valence-electron chi connectivity index (χ3n) is 3.31. The quantitative estimate of drug-likeness (QED) is 0.777. The highest BCUT2D eigenvalue weighted by atomic mass is 16.5. The van der Waals surface area contributed by atoms with E-state index < -0.39 is 0 Å². The van der Waals surface area contributed by atoms with Crippen LogP contribution in [-0.2, 0) is 0 Å². The molecule has 0 bridgehead atoms. The molecule has 0 aromatic heterocycles. The maximum atomic E-state index is 8.77. The molecule has 4 nitrogen and oxygen atoms in total. The Morgan fingerprint density at radius 1 is 0.857 bits per heavy atom. The van der Waals surface area contributed by atoms with E-state index in [0.29, 0.717) is 11.5 Å². The summed E-state index contributed by atoms with van der Waals surface area (Å²) in [5, 5.41) is 17.5. The fourth-order valence-corrected chi connectivity index (χ4v) is 2.43. The number of nitrogens with zero attached hydrogens (tertiary/aromatic N) is 2. The van der Waals surface area contributed by atoms with Gasteiger partial charge in [0.1, 0.15) is 11.5 Å². The van der Waals surface area contributed by atoms with E-state index in [1.165, 1.54) is 0 Å². The molecule has 0 atom stereocenters. The van der Waals surface area contributed by atoms with Gasteiger partial charge in [-0.1, -0.05) is 43.3 Å². The fraction of sp³-hybridized carbons (Fsp3) is 0.176. The highest BCUT2D eigenvalue weighted by Gasteiger charge is 2.20. The van der Waals surface area contributed by atoms with Crippen molar-refractivity contribution in [2.45, 2.75) is 19.3 Å². The van der Waals surface area contributed by atoms with E-state index in [9.17, 15) is 0 Å². The van der Waals surface area contributed by atoms with E-state index in [0.717, 1.165) is 17.5 Å². The highest BCUT2D eigenvalue weighted by molar-refractivity contribution is 5.47. The van der Waals surface area contributed by atoms with Crippen LogP contribution in [0.1, 0.15) is 30.4 Å². The molecule has 0 fully saturated rings. The molecule has 0 unspecified atom stereocenters. The SMILES string of the molecule is CCC(c1ccccc1OC#N)c1ccccc1OC#N. The predicted octanol–water partition coefficient (Wildman–Crippen LogP) is 3.95. The number of benzene rings is 2. The van der Waals surface area contributed by atoms with Gasteiger partial charge in [-0.25, -0.2) is 0 Å². The number of rotatable bonds is 5. The number of nitriles is 2. The Bertz CT molecular complexity index is 639. The first-order valence-corrected chi connectivity index (χ1v) is 6.61. The number of para-hydroxylation sites is 2. The van der Waals surface area contributed by atoms with Crippen molar-refractivity contribution >= 4 is 0 Å². The molecule has 0 N–H and O–H groups in total. The van der Waals surface area contributed by atoms with Crippen molar-refractivity contribution in [1.29, 1.82) is 10.5 Å². The van der Waals surface area contributed by atoms with E-state index in [-0.39, 0.29) is 5.92 Å². The van der Waals surface area contributed by atoms with Gasteiger partial charge in [-0.15, -0.1) is 10.5 Å². The molecule has 0 aliphatic rings. The predicted molar refractivity (Wildman–Crippen MR) is 77.5 cm³/mol. The van der Waals surface area contributed by atoms with Crippen LogP contribution in [0.5, 0.6) is 11.5 Å². The second kappa shape index (κ2) is 6.98. The lowest BCUT2D eigenvalue weighted by Gasteiger charge is -2.19. The lowest BCUT2D eigenvalue weighted by molar-refractivity contribution is 0.483. The van der Waals surface area contributed by atoms with Crippen molar-refractivity contribution in [3.05, 3.63) is 59.7 Å². The van der Waals surface area contributed by atoms with Gasteiger partial charge < -0.3 is 9.47 Å². The molecular weight excluding hydrogens is 264 g/mol. The Kier molecular flexibility index (Phi) is 4.79.